The number of hydrogen-bond donors (Lipinski definition) is 1. The Labute approximate surface area is 297 Å². The lowest BCUT2D eigenvalue weighted by atomic mass is 9.98. The Kier molecular flexibility index (Phi) is 13.9. The molecule has 0 saturated carbocycles. The lowest BCUT2D eigenvalue weighted by Gasteiger charge is -2.43. The molecule has 9 heteroatoms. The first-order valence-corrected chi connectivity index (χ1v) is 23.2. The normalized spacial score (nSPS) is 15.4. The van der Waals surface area contributed by atoms with Gasteiger partial charge in [-0.3, -0.25) is 9.69 Å². The minimum atomic E-state index is -2.63. The Balaban J connectivity index is 2.06. The molecule has 0 saturated heterocycles. The summed E-state index contributed by atoms with van der Waals surface area (Å²) in [5.74, 6) is -1.12. The number of aliphatic hydroxyl groups excluding tert-OH is 1. The zero-order valence-electron chi connectivity index (χ0n) is 31.5. The van der Waals surface area contributed by atoms with Crippen molar-refractivity contribution in [3.8, 4) is 0 Å². The fraction of sp³-hybridized carbons (Fsp3) is 0.500. The van der Waals surface area contributed by atoms with E-state index in [4.69, 9.17) is 13.6 Å². The van der Waals surface area contributed by atoms with E-state index in [0.717, 1.165) is 11.1 Å². The monoisotopic (exact) mass is 705 g/mol. The fourth-order valence-corrected chi connectivity index (χ4v) is 7.11. The zero-order valence-corrected chi connectivity index (χ0v) is 33.5. The summed E-state index contributed by atoms with van der Waals surface area (Å²) in [6.07, 6.45) is -3.78. The summed E-state index contributed by atoms with van der Waals surface area (Å²) >= 11 is 0. The molecule has 0 aromatic heterocycles. The predicted molar refractivity (Wildman–Crippen MR) is 203 cm³/mol. The van der Waals surface area contributed by atoms with Gasteiger partial charge in [0.2, 0.25) is 5.78 Å². The molecule has 0 unspecified atom stereocenters. The maximum absolute atomic E-state index is 14.8. The van der Waals surface area contributed by atoms with Crippen LogP contribution in [0, 0.1) is 0 Å². The SMILES string of the molecule is C[C@H]([C@@H](O)[C@@H](O[Si](C)(C)C(C)(C)C)C(=O)[C@H](CO[Si](C)(C)C(C)(C)C)OC(=O)c1ccccc1)N(Cc1ccccc1)Cc1ccccc1. The molecule has 1 N–H and O–H groups in total. The third-order valence-corrected chi connectivity index (χ3v) is 19.3. The average Bonchev–Trinajstić information content (AvgIpc) is 3.04. The molecule has 0 radical (unpaired) electrons. The molecule has 3 aromatic carbocycles. The zero-order chi connectivity index (χ0) is 36.6. The van der Waals surface area contributed by atoms with Gasteiger partial charge < -0.3 is 18.7 Å². The van der Waals surface area contributed by atoms with E-state index in [9.17, 15) is 14.7 Å². The van der Waals surface area contributed by atoms with Gasteiger partial charge >= 0.3 is 5.97 Å². The molecule has 3 rings (SSSR count). The van der Waals surface area contributed by atoms with Crippen molar-refractivity contribution in [1.82, 2.24) is 4.90 Å². The summed E-state index contributed by atoms with van der Waals surface area (Å²) in [7, 11) is -4.99. The van der Waals surface area contributed by atoms with E-state index in [-0.39, 0.29) is 16.7 Å². The number of benzene rings is 3. The molecule has 49 heavy (non-hydrogen) atoms. The molecule has 4 atom stereocenters. The summed E-state index contributed by atoms with van der Waals surface area (Å²) in [6.45, 7) is 23.9. The first-order chi connectivity index (χ1) is 22.7. The largest absolute Gasteiger partial charge is 0.448 e. The van der Waals surface area contributed by atoms with Gasteiger partial charge in [0.05, 0.1) is 12.2 Å². The van der Waals surface area contributed by atoms with Crippen molar-refractivity contribution in [3.63, 3.8) is 0 Å². The standard InChI is InChI=1S/C40H59NO6Si2/c1-30(41(27-31-21-15-12-16-22-31)28-32-23-17-13-18-24-32)35(42)37(47-49(10,11)40(5,6)7)36(43)34(29-45-48(8,9)39(2,3)4)46-38(44)33-25-19-14-20-26-33/h12-26,30,34-35,37,42H,27-29H2,1-11H3/t30-,34+,35-,37-/m1/s1. The first-order valence-electron chi connectivity index (χ1n) is 17.3. The van der Waals surface area contributed by atoms with Gasteiger partial charge in [-0.15, -0.1) is 0 Å². The van der Waals surface area contributed by atoms with Crippen molar-refractivity contribution in [2.45, 2.75) is 122 Å². The molecule has 3 aromatic rings. The molecule has 268 valence electrons. The van der Waals surface area contributed by atoms with E-state index < -0.39 is 52.7 Å². The van der Waals surface area contributed by atoms with E-state index in [1.807, 2.05) is 49.4 Å². The lowest BCUT2D eigenvalue weighted by molar-refractivity contribution is -0.145. The Hall–Kier alpha value is -2.93. The second-order valence-corrected chi connectivity index (χ2v) is 25.7. The second-order valence-electron chi connectivity index (χ2n) is 16.1. The number of carbonyl (C=O) groups excluding carboxylic acids is 2. The Morgan fingerprint density at radius 1 is 0.714 bits per heavy atom. The Morgan fingerprint density at radius 3 is 1.57 bits per heavy atom. The highest BCUT2D eigenvalue weighted by molar-refractivity contribution is 6.74. The van der Waals surface area contributed by atoms with E-state index in [0.29, 0.717) is 18.7 Å². The topological polar surface area (TPSA) is 85.3 Å². The van der Waals surface area contributed by atoms with Gasteiger partial charge in [-0.1, -0.05) is 120 Å². The van der Waals surface area contributed by atoms with Crippen LogP contribution in [0.4, 0.5) is 0 Å². The summed E-state index contributed by atoms with van der Waals surface area (Å²) < 4.78 is 19.3. The number of Topliss-reactive ketones (excluding diaryl/α,β-unsaturated/α-hetero) is 1. The number of aliphatic hydroxyl groups is 1. The van der Waals surface area contributed by atoms with Crippen LogP contribution in [0.15, 0.2) is 91.0 Å². The van der Waals surface area contributed by atoms with Gasteiger partial charge in [-0.25, -0.2) is 4.79 Å². The molecule has 0 bridgehead atoms. The van der Waals surface area contributed by atoms with Crippen LogP contribution in [0.1, 0.15) is 70.0 Å². The number of hydrogen-bond acceptors (Lipinski definition) is 7. The molecule has 0 aliphatic heterocycles. The van der Waals surface area contributed by atoms with E-state index in [1.165, 1.54) is 0 Å². The van der Waals surface area contributed by atoms with E-state index in [2.05, 4.69) is 96.9 Å². The van der Waals surface area contributed by atoms with Crippen LogP contribution in [0.3, 0.4) is 0 Å². The number of ketones is 1. The van der Waals surface area contributed by atoms with Gasteiger partial charge in [0.1, 0.15) is 12.2 Å². The third kappa shape index (κ3) is 11.3. The van der Waals surface area contributed by atoms with Crippen LogP contribution in [-0.4, -0.2) is 69.4 Å². The number of ether oxygens (including phenoxy) is 1. The van der Waals surface area contributed by atoms with Crippen LogP contribution in [-0.2, 0) is 31.5 Å². The lowest BCUT2D eigenvalue weighted by Crippen LogP contribution is -2.58. The van der Waals surface area contributed by atoms with Crippen LogP contribution >= 0.6 is 0 Å². The molecule has 0 aliphatic rings. The smallest absolute Gasteiger partial charge is 0.338 e. The minimum Gasteiger partial charge on any atom is -0.448 e. The van der Waals surface area contributed by atoms with Crippen LogP contribution in [0.5, 0.6) is 0 Å². The molecule has 7 nitrogen and oxygen atoms in total. The predicted octanol–water partition coefficient (Wildman–Crippen LogP) is 8.65. The molecule has 0 aliphatic carbocycles. The maximum atomic E-state index is 14.8. The highest BCUT2D eigenvalue weighted by Crippen LogP contribution is 2.39. The molecular weight excluding hydrogens is 647 g/mol. The molecule has 0 spiro atoms. The first kappa shape index (κ1) is 40.5. The number of rotatable bonds is 16. The molecule has 0 fully saturated rings. The van der Waals surface area contributed by atoms with Gasteiger partial charge in [-0.2, -0.15) is 0 Å². The van der Waals surface area contributed by atoms with Crippen LogP contribution in [0.2, 0.25) is 36.3 Å². The van der Waals surface area contributed by atoms with Crippen molar-refractivity contribution in [2.24, 2.45) is 0 Å². The summed E-state index contributed by atoms with van der Waals surface area (Å²) in [4.78, 5) is 30.5. The molecule has 0 heterocycles. The van der Waals surface area contributed by atoms with E-state index in [1.54, 1.807) is 24.3 Å². The summed E-state index contributed by atoms with van der Waals surface area (Å²) in [6, 6.07) is 28.3. The Bertz CT molecular complexity index is 1430. The van der Waals surface area contributed by atoms with Crippen molar-refractivity contribution >= 4 is 28.4 Å². The van der Waals surface area contributed by atoms with Crippen LogP contribution in [0.25, 0.3) is 0 Å². The van der Waals surface area contributed by atoms with Crippen molar-refractivity contribution in [3.05, 3.63) is 108 Å². The third-order valence-electron chi connectivity index (χ3n) is 10.3. The van der Waals surface area contributed by atoms with E-state index >= 15 is 0 Å². The average molecular weight is 706 g/mol. The van der Waals surface area contributed by atoms with Crippen molar-refractivity contribution < 1.29 is 28.3 Å². The highest BCUT2D eigenvalue weighted by Gasteiger charge is 2.47. The van der Waals surface area contributed by atoms with Crippen LogP contribution < -0.4 is 0 Å². The Morgan fingerprint density at radius 2 is 1.14 bits per heavy atom. The van der Waals surface area contributed by atoms with Crippen molar-refractivity contribution in [1.29, 1.82) is 0 Å². The van der Waals surface area contributed by atoms with Gasteiger partial charge in [0, 0.05) is 19.1 Å². The number of carbonyl (C=O) groups is 2. The molecule has 0 amide bonds. The maximum Gasteiger partial charge on any atom is 0.338 e. The number of esters is 1. The highest BCUT2D eigenvalue weighted by atomic mass is 28.4. The second kappa shape index (κ2) is 16.9. The summed E-state index contributed by atoms with van der Waals surface area (Å²) in [5, 5.41) is 11.9. The van der Waals surface area contributed by atoms with Gasteiger partial charge in [-0.05, 0) is 66.4 Å². The quantitative estimate of drug-likeness (QED) is 0.118. The molecular formula is C40H59NO6Si2. The minimum absolute atomic E-state index is 0.121. The van der Waals surface area contributed by atoms with Gasteiger partial charge in [0.15, 0.2) is 22.7 Å². The van der Waals surface area contributed by atoms with Crippen molar-refractivity contribution in [2.75, 3.05) is 6.61 Å². The fourth-order valence-electron chi connectivity index (χ4n) is 4.87. The van der Waals surface area contributed by atoms with Gasteiger partial charge in [0.25, 0.3) is 0 Å². The number of nitrogens with zero attached hydrogens (tertiary/aromatic N) is 1. The summed E-state index contributed by atoms with van der Waals surface area (Å²) in [5.41, 5.74) is 2.51.